The van der Waals surface area contributed by atoms with E-state index in [-0.39, 0.29) is 11.8 Å². The lowest BCUT2D eigenvalue weighted by Crippen LogP contribution is -2.47. The highest BCUT2D eigenvalue weighted by Gasteiger charge is 2.28. The van der Waals surface area contributed by atoms with E-state index in [1.165, 1.54) is 0 Å². The lowest BCUT2D eigenvalue weighted by molar-refractivity contribution is 0.0662. The van der Waals surface area contributed by atoms with Crippen LogP contribution in [0.25, 0.3) is 0 Å². The molecule has 0 bridgehead atoms. The lowest BCUT2D eigenvalue weighted by Gasteiger charge is -2.32. The third-order valence-corrected chi connectivity index (χ3v) is 6.81. The number of fused-ring (bicyclic) bond motifs is 1. The van der Waals surface area contributed by atoms with Gasteiger partial charge in [0.05, 0.1) is 23.0 Å². The molecule has 1 atom stereocenters. The first-order valence-corrected chi connectivity index (χ1v) is 11.0. The van der Waals surface area contributed by atoms with Gasteiger partial charge in [-0.15, -0.1) is 11.3 Å². The van der Waals surface area contributed by atoms with Gasteiger partial charge in [-0.2, -0.15) is 5.10 Å². The zero-order valence-corrected chi connectivity index (χ0v) is 17.6. The summed E-state index contributed by atoms with van der Waals surface area (Å²) in [6.07, 6.45) is 3.66. The van der Waals surface area contributed by atoms with Crippen molar-refractivity contribution in [2.45, 2.75) is 25.9 Å². The van der Waals surface area contributed by atoms with Crippen LogP contribution in [0.2, 0.25) is 0 Å². The number of aromatic nitrogens is 2. The Bertz CT molecular complexity index is 883. The molecule has 9 heteroatoms. The molecule has 0 radical (unpaired) electrons. The van der Waals surface area contributed by atoms with Crippen molar-refractivity contribution in [3.63, 3.8) is 0 Å². The number of rotatable bonds is 6. The fourth-order valence-electron chi connectivity index (χ4n) is 4.03. The van der Waals surface area contributed by atoms with Gasteiger partial charge in [0.2, 0.25) is 5.91 Å². The molecule has 8 nitrogen and oxygen atoms in total. The quantitative estimate of drug-likeness (QED) is 0.726. The van der Waals surface area contributed by atoms with Gasteiger partial charge in [-0.25, -0.2) is 0 Å². The van der Waals surface area contributed by atoms with Crippen LogP contribution in [0.1, 0.15) is 37.7 Å². The van der Waals surface area contributed by atoms with E-state index in [1.54, 1.807) is 22.9 Å². The summed E-state index contributed by atoms with van der Waals surface area (Å²) in [5, 5.41) is 9.76. The van der Waals surface area contributed by atoms with Crippen molar-refractivity contribution in [2.24, 2.45) is 11.7 Å². The SMILES string of the molecule is CN1CCN(C(=O)c2cnn3c2CC(CNCc2cc(C(N)=O)cs2)CC3)CC1. The number of nitrogens with zero attached hydrogens (tertiary/aromatic N) is 4. The summed E-state index contributed by atoms with van der Waals surface area (Å²) >= 11 is 1.55. The number of hydrogen-bond donors (Lipinski definition) is 2. The van der Waals surface area contributed by atoms with Crippen LogP contribution in [0.3, 0.4) is 0 Å². The number of nitrogens with one attached hydrogen (secondary N) is 1. The molecule has 2 aliphatic rings. The fraction of sp³-hybridized carbons (Fsp3) is 0.550. The molecule has 0 saturated carbocycles. The van der Waals surface area contributed by atoms with Crippen molar-refractivity contribution in [1.82, 2.24) is 24.9 Å². The summed E-state index contributed by atoms with van der Waals surface area (Å²) in [7, 11) is 2.09. The second-order valence-electron chi connectivity index (χ2n) is 7.98. The number of nitrogens with two attached hydrogens (primary N) is 1. The molecule has 156 valence electrons. The summed E-state index contributed by atoms with van der Waals surface area (Å²) in [6, 6.07) is 1.85. The van der Waals surface area contributed by atoms with E-state index in [2.05, 4.69) is 22.4 Å². The second-order valence-corrected chi connectivity index (χ2v) is 8.98. The highest BCUT2D eigenvalue weighted by atomic mass is 32.1. The standard InChI is InChI=1S/C20H28N6O2S/c1-24-4-6-25(7-5-24)20(28)17-12-23-26-3-2-14(8-18(17)26)10-22-11-16-9-15(13-29-16)19(21)27/h9,12-14,22H,2-8,10-11H2,1H3,(H2,21,27). The molecular formula is C20H28N6O2S. The monoisotopic (exact) mass is 416 g/mol. The Labute approximate surface area is 174 Å². The molecule has 0 aromatic carbocycles. The molecule has 1 unspecified atom stereocenters. The van der Waals surface area contributed by atoms with Crippen LogP contribution in [0.4, 0.5) is 0 Å². The smallest absolute Gasteiger partial charge is 0.257 e. The fourth-order valence-corrected chi connectivity index (χ4v) is 4.88. The summed E-state index contributed by atoms with van der Waals surface area (Å²) in [5.74, 6) is 0.199. The van der Waals surface area contributed by atoms with E-state index in [1.807, 2.05) is 15.6 Å². The number of thiophene rings is 1. The van der Waals surface area contributed by atoms with Crippen LogP contribution in [0.15, 0.2) is 17.6 Å². The number of primary amides is 1. The molecule has 1 saturated heterocycles. The molecule has 1 fully saturated rings. The number of hydrogen-bond acceptors (Lipinski definition) is 6. The van der Waals surface area contributed by atoms with Gasteiger partial charge in [-0.1, -0.05) is 0 Å². The van der Waals surface area contributed by atoms with E-state index in [0.717, 1.165) is 74.8 Å². The molecule has 4 rings (SSSR count). The Hall–Kier alpha value is -2.23. The molecule has 2 amide bonds. The maximum atomic E-state index is 13.0. The first-order chi connectivity index (χ1) is 14.0. The summed E-state index contributed by atoms with van der Waals surface area (Å²) in [6.45, 7) is 5.84. The first-order valence-electron chi connectivity index (χ1n) is 10.1. The molecule has 3 N–H and O–H groups in total. The van der Waals surface area contributed by atoms with Gasteiger partial charge >= 0.3 is 0 Å². The van der Waals surface area contributed by atoms with Crippen molar-refractivity contribution in [3.8, 4) is 0 Å². The van der Waals surface area contributed by atoms with Crippen LogP contribution in [-0.2, 0) is 19.5 Å². The Balaban J connectivity index is 1.33. The van der Waals surface area contributed by atoms with Gasteiger partial charge in [0.15, 0.2) is 0 Å². The Kier molecular flexibility index (Phi) is 5.98. The number of piperazine rings is 1. The summed E-state index contributed by atoms with van der Waals surface area (Å²) in [5.41, 5.74) is 7.72. The maximum Gasteiger partial charge on any atom is 0.257 e. The van der Waals surface area contributed by atoms with Gasteiger partial charge in [0.1, 0.15) is 0 Å². The van der Waals surface area contributed by atoms with Gasteiger partial charge in [-0.05, 0) is 38.4 Å². The Morgan fingerprint density at radius 1 is 1.28 bits per heavy atom. The summed E-state index contributed by atoms with van der Waals surface area (Å²) in [4.78, 5) is 29.5. The predicted molar refractivity (Wildman–Crippen MR) is 112 cm³/mol. The highest BCUT2D eigenvalue weighted by molar-refractivity contribution is 7.10. The highest BCUT2D eigenvalue weighted by Crippen LogP contribution is 2.24. The minimum atomic E-state index is -0.384. The average molecular weight is 417 g/mol. The van der Waals surface area contributed by atoms with Crippen LogP contribution >= 0.6 is 11.3 Å². The van der Waals surface area contributed by atoms with Crippen LogP contribution in [0.5, 0.6) is 0 Å². The minimum absolute atomic E-state index is 0.116. The Morgan fingerprint density at radius 2 is 2.07 bits per heavy atom. The number of likely N-dealkylation sites (N-methyl/N-ethyl adjacent to an activating group) is 1. The zero-order chi connectivity index (χ0) is 20.4. The summed E-state index contributed by atoms with van der Waals surface area (Å²) < 4.78 is 2.00. The number of carbonyl (C=O) groups excluding carboxylic acids is 2. The van der Waals surface area contributed by atoms with Gasteiger partial charge in [-0.3, -0.25) is 14.3 Å². The number of carbonyl (C=O) groups is 2. The van der Waals surface area contributed by atoms with Gasteiger partial charge in [0.25, 0.3) is 5.91 Å². The molecule has 0 spiro atoms. The topological polar surface area (TPSA) is 96.5 Å². The van der Waals surface area contributed by atoms with Crippen LogP contribution < -0.4 is 11.1 Å². The largest absolute Gasteiger partial charge is 0.366 e. The van der Waals surface area contributed by atoms with Gasteiger partial charge in [0, 0.05) is 49.5 Å². The van der Waals surface area contributed by atoms with Crippen LogP contribution in [0, 0.1) is 5.92 Å². The third kappa shape index (κ3) is 4.52. The molecular weight excluding hydrogens is 388 g/mol. The second kappa shape index (κ2) is 8.64. The van der Waals surface area contributed by atoms with E-state index in [9.17, 15) is 9.59 Å². The van der Waals surface area contributed by atoms with Crippen molar-refractivity contribution < 1.29 is 9.59 Å². The number of amides is 2. The third-order valence-electron chi connectivity index (χ3n) is 5.87. The lowest BCUT2D eigenvalue weighted by atomic mass is 9.94. The van der Waals surface area contributed by atoms with Crippen molar-refractivity contribution in [1.29, 1.82) is 0 Å². The molecule has 4 heterocycles. The van der Waals surface area contributed by atoms with Crippen molar-refractivity contribution in [2.75, 3.05) is 39.8 Å². The normalized spacial score (nSPS) is 19.9. The van der Waals surface area contributed by atoms with E-state index in [4.69, 9.17) is 5.73 Å². The molecule has 2 aromatic heterocycles. The number of aryl methyl sites for hydroxylation is 1. The molecule has 29 heavy (non-hydrogen) atoms. The molecule has 2 aromatic rings. The van der Waals surface area contributed by atoms with Crippen LogP contribution in [-0.4, -0.2) is 71.2 Å². The predicted octanol–water partition coefficient (Wildman–Crippen LogP) is 0.783. The van der Waals surface area contributed by atoms with E-state index < -0.39 is 0 Å². The maximum absolute atomic E-state index is 13.0. The molecule has 2 aliphatic heterocycles. The van der Waals surface area contributed by atoms with E-state index in [0.29, 0.717) is 11.5 Å². The Morgan fingerprint density at radius 3 is 2.79 bits per heavy atom. The van der Waals surface area contributed by atoms with E-state index >= 15 is 0 Å². The molecule has 0 aliphatic carbocycles. The first kappa shape index (κ1) is 20.1. The minimum Gasteiger partial charge on any atom is -0.366 e. The van der Waals surface area contributed by atoms with Crippen molar-refractivity contribution >= 4 is 23.2 Å². The van der Waals surface area contributed by atoms with Crippen molar-refractivity contribution in [3.05, 3.63) is 39.3 Å². The average Bonchev–Trinajstić information content (AvgIpc) is 3.35. The zero-order valence-electron chi connectivity index (χ0n) is 16.8. The van der Waals surface area contributed by atoms with Gasteiger partial charge < -0.3 is 20.9 Å².